The van der Waals surface area contributed by atoms with Crippen molar-refractivity contribution >= 4 is 5.91 Å². The zero-order valence-electron chi connectivity index (χ0n) is 20.0. The smallest absolute Gasteiger partial charge is 0.236 e. The van der Waals surface area contributed by atoms with Gasteiger partial charge in [0, 0.05) is 65.4 Å². The summed E-state index contributed by atoms with van der Waals surface area (Å²) in [6.07, 6.45) is 1.09. The van der Waals surface area contributed by atoms with E-state index in [2.05, 4.69) is 57.2 Å². The van der Waals surface area contributed by atoms with Gasteiger partial charge >= 0.3 is 0 Å². The fraction of sp³-hybridized carbons (Fsp3) is 0.519. The molecule has 0 saturated carbocycles. The molecule has 0 atom stereocenters. The van der Waals surface area contributed by atoms with Crippen molar-refractivity contribution in [2.45, 2.75) is 13.0 Å². The fourth-order valence-corrected chi connectivity index (χ4v) is 4.99. The third-order valence-electron chi connectivity index (χ3n) is 7.12. The number of nitrogens with zero attached hydrogens (tertiary/aromatic N) is 4. The van der Waals surface area contributed by atoms with Crippen molar-refractivity contribution in [2.24, 2.45) is 0 Å². The van der Waals surface area contributed by atoms with Gasteiger partial charge in [-0.15, -0.1) is 0 Å². The van der Waals surface area contributed by atoms with E-state index in [4.69, 9.17) is 9.47 Å². The molecule has 0 unspecified atom stereocenters. The van der Waals surface area contributed by atoms with Gasteiger partial charge in [0.05, 0.1) is 6.54 Å². The molecular weight excluding hydrogens is 428 g/mol. The zero-order valence-corrected chi connectivity index (χ0v) is 20.0. The number of piperazine rings is 2. The Kier molecular flexibility index (Phi) is 7.63. The van der Waals surface area contributed by atoms with E-state index >= 15 is 0 Å². The summed E-state index contributed by atoms with van der Waals surface area (Å²) in [7, 11) is 0. The first kappa shape index (κ1) is 23.1. The predicted molar refractivity (Wildman–Crippen MR) is 132 cm³/mol. The summed E-state index contributed by atoms with van der Waals surface area (Å²) in [5, 5.41) is 0. The van der Waals surface area contributed by atoms with E-state index in [1.165, 1.54) is 11.1 Å². The fourth-order valence-electron chi connectivity index (χ4n) is 4.99. The molecule has 34 heavy (non-hydrogen) atoms. The van der Waals surface area contributed by atoms with Crippen LogP contribution >= 0.6 is 0 Å². The molecule has 2 aromatic carbocycles. The molecule has 0 spiro atoms. The van der Waals surface area contributed by atoms with E-state index in [0.29, 0.717) is 19.8 Å². The van der Waals surface area contributed by atoms with Crippen molar-refractivity contribution in [1.29, 1.82) is 0 Å². The molecule has 0 N–H and O–H groups in total. The van der Waals surface area contributed by atoms with Crippen LogP contribution in [0.25, 0.3) is 0 Å². The second-order valence-electron chi connectivity index (χ2n) is 9.49. The Balaban J connectivity index is 1.01. The van der Waals surface area contributed by atoms with Gasteiger partial charge in [-0.2, -0.15) is 0 Å². The SMILES string of the molecule is O=C(CN1CCN(CCc2ccccc2)CC1)N1CCN(Cc2ccc3c(c2)OCCO3)CC1. The van der Waals surface area contributed by atoms with Gasteiger partial charge in [-0.05, 0) is 29.7 Å². The summed E-state index contributed by atoms with van der Waals surface area (Å²) in [4.78, 5) is 22.2. The van der Waals surface area contributed by atoms with Gasteiger partial charge in [0.15, 0.2) is 11.5 Å². The van der Waals surface area contributed by atoms with Crippen LogP contribution in [0.1, 0.15) is 11.1 Å². The van der Waals surface area contributed by atoms with Gasteiger partial charge in [0.25, 0.3) is 0 Å². The van der Waals surface area contributed by atoms with Gasteiger partial charge < -0.3 is 19.3 Å². The van der Waals surface area contributed by atoms with Gasteiger partial charge in [-0.1, -0.05) is 36.4 Å². The first-order valence-corrected chi connectivity index (χ1v) is 12.6. The number of hydrogen-bond donors (Lipinski definition) is 0. The molecule has 2 aromatic rings. The Bertz CT molecular complexity index is 938. The number of rotatable bonds is 7. The Labute approximate surface area is 202 Å². The van der Waals surface area contributed by atoms with Gasteiger partial charge in [-0.3, -0.25) is 14.6 Å². The van der Waals surface area contributed by atoms with Crippen molar-refractivity contribution < 1.29 is 14.3 Å². The standard InChI is InChI=1S/C27H36N4O3/c32-27(22-30-12-10-28(11-13-30)9-8-23-4-2-1-3-5-23)31-16-14-29(15-17-31)21-24-6-7-25-26(20-24)34-19-18-33-25/h1-7,20H,8-19,21-22H2. The van der Waals surface area contributed by atoms with Crippen molar-refractivity contribution in [3.8, 4) is 11.5 Å². The van der Waals surface area contributed by atoms with Crippen LogP contribution in [-0.4, -0.2) is 104 Å². The lowest BCUT2D eigenvalue weighted by molar-refractivity contribution is -0.134. The monoisotopic (exact) mass is 464 g/mol. The summed E-state index contributed by atoms with van der Waals surface area (Å²) in [5.41, 5.74) is 2.63. The maximum Gasteiger partial charge on any atom is 0.236 e. The average molecular weight is 465 g/mol. The van der Waals surface area contributed by atoms with Crippen molar-refractivity contribution in [2.75, 3.05) is 78.7 Å². The lowest BCUT2D eigenvalue weighted by Crippen LogP contribution is -2.53. The van der Waals surface area contributed by atoms with Crippen LogP contribution in [0, 0.1) is 0 Å². The van der Waals surface area contributed by atoms with Crippen molar-refractivity contribution in [1.82, 2.24) is 19.6 Å². The third-order valence-corrected chi connectivity index (χ3v) is 7.12. The number of carbonyl (C=O) groups is 1. The number of hydrogen-bond acceptors (Lipinski definition) is 6. The summed E-state index contributed by atoms with van der Waals surface area (Å²) in [6.45, 7) is 11.2. The minimum absolute atomic E-state index is 0.275. The highest BCUT2D eigenvalue weighted by atomic mass is 16.6. The van der Waals surface area contributed by atoms with Crippen LogP contribution in [0.5, 0.6) is 11.5 Å². The van der Waals surface area contributed by atoms with Crippen LogP contribution in [0.2, 0.25) is 0 Å². The molecule has 3 aliphatic rings. The molecule has 2 saturated heterocycles. The average Bonchev–Trinajstić information content (AvgIpc) is 2.89. The number of fused-ring (bicyclic) bond motifs is 1. The lowest BCUT2D eigenvalue weighted by Gasteiger charge is -2.38. The van der Waals surface area contributed by atoms with Crippen LogP contribution < -0.4 is 9.47 Å². The Hall–Kier alpha value is -2.61. The van der Waals surface area contributed by atoms with Crippen molar-refractivity contribution in [3.63, 3.8) is 0 Å². The highest BCUT2D eigenvalue weighted by molar-refractivity contribution is 5.78. The Morgan fingerprint density at radius 3 is 2.15 bits per heavy atom. The normalized spacial score (nSPS) is 19.8. The van der Waals surface area contributed by atoms with E-state index in [0.717, 1.165) is 83.4 Å². The summed E-state index contributed by atoms with van der Waals surface area (Å²) in [6, 6.07) is 16.9. The molecule has 182 valence electrons. The third kappa shape index (κ3) is 6.09. The second kappa shape index (κ2) is 11.2. The molecule has 0 radical (unpaired) electrons. The number of benzene rings is 2. The van der Waals surface area contributed by atoms with E-state index in [-0.39, 0.29) is 5.91 Å². The van der Waals surface area contributed by atoms with Crippen molar-refractivity contribution in [3.05, 3.63) is 59.7 Å². The van der Waals surface area contributed by atoms with E-state index in [1.54, 1.807) is 0 Å². The molecule has 0 bridgehead atoms. The molecule has 2 fully saturated rings. The van der Waals surface area contributed by atoms with Crippen LogP contribution in [-0.2, 0) is 17.8 Å². The first-order chi connectivity index (χ1) is 16.7. The van der Waals surface area contributed by atoms with E-state index in [1.807, 2.05) is 11.0 Å². The highest BCUT2D eigenvalue weighted by Gasteiger charge is 2.25. The Morgan fingerprint density at radius 2 is 1.38 bits per heavy atom. The van der Waals surface area contributed by atoms with E-state index in [9.17, 15) is 4.79 Å². The first-order valence-electron chi connectivity index (χ1n) is 12.6. The maximum absolute atomic E-state index is 12.9. The minimum atomic E-state index is 0.275. The molecule has 1 amide bonds. The molecule has 7 heteroatoms. The quantitative estimate of drug-likeness (QED) is 0.625. The largest absolute Gasteiger partial charge is 0.486 e. The van der Waals surface area contributed by atoms with Crippen LogP contribution in [0.3, 0.4) is 0 Å². The summed E-state index contributed by atoms with van der Waals surface area (Å²) in [5.74, 6) is 1.96. The van der Waals surface area contributed by atoms with Crippen LogP contribution in [0.4, 0.5) is 0 Å². The predicted octanol–water partition coefficient (Wildman–Crippen LogP) is 1.96. The molecule has 7 nitrogen and oxygen atoms in total. The molecule has 0 aliphatic carbocycles. The molecule has 5 rings (SSSR count). The second-order valence-corrected chi connectivity index (χ2v) is 9.49. The molecule has 3 aliphatic heterocycles. The number of ether oxygens (including phenoxy) is 2. The minimum Gasteiger partial charge on any atom is -0.486 e. The molecule has 0 aromatic heterocycles. The lowest BCUT2D eigenvalue weighted by atomic mass is 10.1. The highest BCUT2D eigenvalue weighted by Crippen LogP contribution is 2.31. The zero-order chi connectivity index (χ0) is 23.2. The van der Waals surface area contributed by atoms with E-state index < -0.39 is 0 Å². The summed E-state index contributed by atoms with van der Waals surface area (Å²) < 4.78 is 11.3. The van der Waals surface area contributed by atoms with Gasteiger partial charge in [0.1, 0.15) is 13.2 Å². The topological polar surface area (TPSA) is 48.5 Å². The summed E-state index contributed by atoms with van der Waals surface area (Å²) >= 11 is 0. The Morgan fingerprint density at radius 1 is 0.706 bits per heavy atom. The maximum atomic E-state index is 12.9. The number of carbonyl (C=O) groups excluding carboxylic acids is 1. The van der Waals surface area contributed by atoms with Gasteiger partial charge in [-0.25, -0.2) is 0 Å². The van der Waals surface area contributed by atoms with Gasteiger partial charge in [0.2, 0.25) is 5.91 Å². The molecular formula is C27H36N4O3. The number of amides is 1. The van der Waals surface area contributed by atoms with Crippen LogP contribution in [0.15, 0.2) is 48.5 Å². The molecule has 3 heterocycles.